The average molecular weight is 289 g/mol. The zero-order valence-corrected chi connectivity index (χ0v) is 12.9. The summed E-state index contributed by atoms with van der Waals surface area (Å²) in [5.74, 6) is 0.269. The Balaban J connectivity index is 1.60. The number of piperidine rings is 1. The van der Waals surface area contributed by atoms with Crippen LogP contribution in [0.4, 0.5) is 0 Å². The predicted molar refractivity (Wildman–Crippen MR) is 83.6 cm³/mol. The Hall–Kier alpha value is -0.900. The van der Waals surface area contributed by atoms with Crippen LogP contribution in [0, 0.1) is 11.3 Å². The summed E-state index contributed by atoms with van der Waals surface area (Å²) in [5, 5.41) is 1.37. The lowest BCUT2D eigenvalue weighted by Gasteiger charge is -2.47. The molecule has 1 aliphatic carbocycles. The first kappa shape index (κ1) is 10.8. The van der Waals surface area contributed by atoms with Crippen LogP contribution >= 0.6 is 0 Å². The summed E-state index contributed by atoms with van der Waals surface area (Å²) in [6.45, 7) is 4.90. The van der Waals surface area contributed by atoms with E-state index >= 15 is 0 Å². The normalized spacial score (nSPS) is 36.8. The van der Waals surface area contributed by atoms with Gasteiger partial charge in [0.25, 0.3) is 0 Å². The minimum absolute atomic E-state index is 0.0421. The van der Waals surface area contributed by atoms with Gasteiger partial charge in [0.05, 0.1) is 5.60 Å². The third-order valence-corrected chi connectivity index (χ3v) is 5.47. The molecule has 4 rings (SSSR count). The molecule has 1 aromatic rings. The quantitative estimate of drug-likeness (QED) is 0.832. The summed E-state index contributed by atoms with van der Waals surface area (Å²) in [6.07, 6.45) is 1.96. The summed E-state index contributed by atoms with van der Waals surface area (Å²) < 4.78 is 23.7. The SMILES string of the molecule is [2H]C([2H])([2H])N1OC2(CC2)[C@H]2CN(Cc3ccccc3)CC(C)(C)[C@@H]21. The lowest BCUT2D eigenvalue weighted by Crippen LogP contribution is -2.57. The van der Waals surface area contributed by atoms with Gasteiger partial charge in [-0.15, -0.1) is 0 Å². The molecule has 2 atom stereocenters. The highest BCUT2D eigenvalue weighted by atomic mass is 16.7. The van der Waals surface area contributed by atoms with Gasteiger partial charge in [-0.05, 0) is 23.8 Å². The van der Waals surface area contributed by atoms with Crippen molar-refractivity contribution in [1.82, 2.24) is 9.96 Å². The van der Waals surface area contributed by atoms with Crippen LogP contribution in [0.15, 0.2) is 30.3 Å². The van der Waals surface area contributed by atoms with E-state index in [1.165, 1.54) is 10.6 Å². The first-order chi connectivity index (χ1) is 11.2. The maximum Gasteiger partial charge on any atom is 0.0958 e. The van der Waals surface area contributed by atoms with Crippen LogP contribution in [-0.2, 0) is 11.4 Å². The molecule has 1 aromatic carbocycles. The summed E-state index contributed by atoms with van der Waals surface area (Å²) in [5.41, 5.74) is 0.951. The van der Waals surface area contributed by atoms with Gasteiger partial charge in [0, 0.05) is 42.7 Å². The van der Waals surface area contributed by atoms with E-state index in [1.807, 2.05) is 6.07 Å². The fourth-order valence-corrected chi connectivity index (χ4v) is 4.46. The minimum atomic E-state index is -2.19. The van der Waals surface area contributed by atoms with Crippen LogP contribution in [0.1, 0.15) is 36.4 Å². The maximum atomic E-state index is 7.88. The topological polar surface area (TPSA) is 15.7 Å². The molecular weight excluding hydrogens is 260 g/mol. The van der Waals surface area contributed by atoms with E-state index in [1.54, 1.807) is 0 Å². The number of fused-ring (bicyclic) bond motifs is 2. The molecule has 1 spiro atoms. The summed E-state index contributed by atoms with van der Waals surface area (Å²) in [4.78, 5) is 8.52. The lowest BCUT2D eigenvalue weighted by atomic mass is 9.71. The van der Waals surface area contributed by atoms with E-state index in [9.17, 15) is 0 Å². The van der Waals surface area contributed by atoms with E-state index in [4.69, 9.17) is 8.95 Å². The molecule has 3 heteroatoms. The molecule has 2 saturated heterocycles. The molecule has 0 radical (unpaired) electrons. The Morgan fingerprint density at radius 1 is 1.29 bits per heavy atom. The third kappa shape index (κ3) is 2.23. The van der Waals surface area contributed by atoms with Crippen molar-refractivity contribution in [3.8, 4) is 0 Å². The molecule has 114 valence electrons. The van der Waals surface area contributed by atoms with E-state index in [0.29, 0.717) is 0 Å². The van der Waals surface area contributed by atoms with Gasteiger partial charge in [0.15, 0.2) is 0 Å². The zero-order valence-electron chi connectivity index (χ0n) is 15.9. The van der Waals surface area contributed by atoms with Gasteiger partial charge in [-0.1, -0.05) is 44.2 Å². The van der Waals surface area contributed by atoms with Crippen molar-refractivity contribution < 1.29 is 8.95 Å². The number of hydrogen-bond donors (Lipinski definition) is 0. The van der Waals surface area contributed by atoms with Crippen molar-refractivity contribution in [3.63, 3.8) is 0 Å². The summed E-state index contributed by atoms with van der Waals surface area (Å²) in [7, 11) is 0. The number of rotatable bonds is 2. The predicted octanol–water partition coefficient (Wildman–Crippen LogP) is 2.92. The number of nitrogens with zero attached hydrogens (tertiary/aromatic N) is 2. The van der Waals surface area contributed by atoms with Crippen LogP contribution < -0.4 is 0 Å². The number of hydrogen-bond acceptors (Lipinski definition) is 3. The summed E-state index contributed by atoms with van der Waals surface area (Å²) in [6, 6.07) is 10.5. The maximum absolute atomic E-state index is 7.88. The number of likely N-dealkylation sites (tertiary alicyclic amines) is 1. The molecular formula is C18H26N2O. The first-order valence-electron chi connectivity index (χ1n) is 9.46. The molecule has 2 heterocycles. The van der Waals surface area contributed by atoms with Crippen LogP contribution in [0.25, 0.3) is 0 Å². The van der Waals surface area contributed by atoms with Crippen molar-refractivity contribution in [2.45, 2.75) is 44.9 Å². The van der Waals surface area contributed by atoms with Gasteiger partial charge in [-0.25, -0.2) is 0 Å². The molecule has 0 bridgehead atoms. The first-order valence-corrected chi connectivity index (χ1v) is 7.96. The molecule has 0 unspecified atom stereocenters. The van der Waals surface area contributed by atoms with E-state index in [0.717, 1.165) is 32.5 Å². The van der Waals surface area contributed by atoms with Crippen molar-refractivity contribution in [2.24, 2.45) is 11.3 Å². The van der Waals surface area contributed by atoms with Gasteiger partial charge in [-0.2, -0.15) is 5.06 Å². The lowest BCUT2D eigenvalue weighted by molar-refractivity contribution is -0.168. The van der Waals surface area contributed by atoms with E-state index in [-0.39, 0.29) is 23.0 Å². The molecule has 21 heavy (non-hydrogen) atoms. The summed E-state index contributed by atoms with van der Waals surface area (Å²) >= 11 is 0. The van der Waals surface area contributed by atoms with Crippen LogP contribution in [-0.4, -0.2) is 41.7 Å². The highest BCUT2D eigenvalue weighted by Gasteiger charge is 2.65. The number of hydroxylamine groups is 2. The van der Waals surface area contributed by atoms with Crippen LogP contribution in [0.2, 0.25) is 0 Å². The Morgan fingerprint density at radius 3 is 2.71 bits per heavy atom. The van der Waals surface area contributed by atoms with Crippen molar-refractivity contribution in [2.75, 3.05) is 20.1 Å². The molecule has 2 aliphatic heterocycles. The van der Waals surface area contributed by atoms with E-state index < -0.39 is 6.98 Å². The molecule has 0 N–H and O–H groups in total. The third-order valence-electron chi connectivity index (χ3n) is 5.47. The van der Waals surface area contributed by atoms with Crippen LogP contribution in [0.5, 0.6) is 0 Å². The van der Waals surface area contributed by atoms with Gasteiger partial charge in [-0.3, -0.25) is 9.74 Å². The largest absolute Gasteiger partial charge is 0.298 e. The van der Waals surface area contributed by atoms with Crippen LogP contribution in [0.3, 0.4) is 0 Å². The molecule has 1 saturated carbocycles. The fraction of sp³-hybridized carbons (Fsp3) is 0.667. The molecule has 3 nitrogen and oxygen atoms in total. The molecule has 3 aliphatic rings. The number of benzene rings is 1. The Bertz CT molecular complexity index is 612. The molecule has 0 aromatic heterocycles. The monoisotopic (exact) mass is 289 g/mol. The smallest absolute Gasteiger partial charge is 0.0958 e. The second-order valence-corrected chi connectivity index (χ2v) is 7.68. The zero-order chi connectivity index (χ0) is 17.2. The molecule has 3 fully saturated rings. The Morgan fingerprint density at radius 2 is 2.05 bits per heavy atom. The fourth-order valence-electron chi connectivity index (χ4n) is 4.46. The van der Waals surface area contributed by atoms with Crippen molar-refractivity contribution in [3.05, 3.63) is 35.9 Å². The van der Waals surface area contributed by atoms with Crippen molar-refractivity contribution in [1.29, 1.82) is 0 Å². The molecule has 0 amide bonds. The van der Waals surface area contributed by atoms with Gasteiger partial charge in [0.1, 0.15) is 0 Å². The van der Waals surface area contributed by atoms with Gasteiger partial charge in [0.2, 0.25) is 0 Å². The second kappa shape index (κ2) is 4.55. The van der Waals surface area contributed by atoms with E-state index in [2.05, 4.69) is 43.0 Å². The highest BCUT2D eigenvalue weighted by molar-refractivity contribution is 5.17. The second-order valence-electron chi connectivity index (χ2n) is 7.68. The Kier molecular flexibility index (Phi) is 2.33. The average Bonchev–Trinajstić information content (AvgIpc) is 3.16. The minimum Gasteiger partial charge on any atom is -0.298 e. The van der Waals surface area contributed by atoms with Crippen molar-refractivity contribution >= 4 is 0 Å². The standard InChI is InChI=1S/C18H26N2O/c1-17(2)13-20(11-14-7-5-4-6-8-14)12-15-16(17)19(3)21-18(15)9-10-18/h4-8,15-16H,9-13H2,1-3H3/t15-,16+/m0/s1/i3D3. The Labute approximate surface area is 132 Å². The van der Waals surface area contributed by atoms with Gasteiger partial charge < -0.3 is 0 Å². The van der Waals surface area contributed by atoms with Gasteiger partial charge >= 0.3 is 0 Å². The highest BCUT2D eigenvalue weighted by Crippen LogP contribution is 2.58.